The second-order valence-corrected chi connectivity index (χ2v) is 7.71. The lowest BCUT2D eigenvalue weighted by Gasteiger charge is -2.27. The van der Waals surface area contributed by atoms with Crippen LogP contribution in [0.25, 0.3) is 0 Å². The lowest BCUT2D eigenvalue weighted by molar-refractivity contribution is -0.121. The number of hydrogen-bond acceptors (Lipinski definition) is 3. The summed E-state index contributed by atoms with van der Waals surface area (Å²) in [6.45, 7) is 3.41. The predicted octanol–water partition coefficient (Wildman–Crippen LogP) is 2.84. The van der Waals surface area contributed by atoms with Crippen molar-refractivity contribution in [2.75, 3.05) is 19.6 Å². The van der Waals surface area contributed by atoms with Crippen LogP contribution in [0, 0.1) is 5.92 Å². The molecule has 3 atom stereocenters. The second-order valence-electron chi connectivity index (χ2n) is 7.71. The Labute approximate surface area is 147 Å². The monoisotopic (exact) mass is 343 g/mol. The van der Waals surface area contributed by atoms with E-state index >= 15 is 0 Å². The van der Waals surface area contributed by atoms with E-state index in [1.54, 1.807) is 0 Å². The molecule has 134 valence electrons. The number of primary amides is 1. The maximum atomic E-state index is 12.0. The van der Waals surface area contributed by atoms with Crippen molar-refractivity contribution < 1.29 is 4.79 Å². The lowest BCUT2D eigenvalue weighted by Crippen LogP contribution is -2.50. The Morgan fingerprint density at radius 3 is 2.35 bits per heavy atom. The van der Waals surface area contributed by atoms with Crippen molar-refractivity contribution in [1.29, 1.82) is 0 Å². The first-order valence-corrected chi connectivity index (χ1v) is 9.51. The Hall–Kier alpha value is -0.320. The van der Waals surface area contributed by atoms with Crippen molar-refractivity contribution in [2.45, 2.75) is 82.2 Å². The van der Waals surface area contributed by atoms with Gasteiger partial charge < -0.3 is 11.1 Å². The normalized spacial score (nSPS) is 36.7. The van der Waals surface area contributed by atoms with E-state index in [1.165, 1.54) is 77.3 Å². The highest BCUT2D eigenvalue weighted by Gasteiger charge is 2.58. The molecular formula is C18H34ClN3O. The van der Waals surface area contributed by atoms with Gasteiger partial charge in [0.05, 0.1) is 0 Å². The maximum absolute atomic E-state index is 12.0. The number of nitrogens with two attached hydrogens (primary N) is 1. The molecule has 0 aromatic rings. The summed E-state index contributed by atoms with van der Waals surface area (Å²) >= 11 is 0. The van der Waals surface area contributed by atoms with Gasteiger partial charge in [0.2, 0.25) is 5.91 Å². The van der Waals surface area contributed by atoms with Crippen LogP contribution in [0.3, 0.4) is 0 Å². The summed E-state index contributed by atoms with van der Waals surface area (Å²) in [7, 11) is 0. The Balaban J connectivity index is 0.00000192. The fourth-order valence-corrected chi connectivity index (χ4v) is 4.59. The van der Waals surface area contributed by atoms with Crippen LogP contribution in [0.4, 0.5) is 0 Å². The summed E-state index contributed by atoms with van der Waals surface area (Å²) < 4.78 is 0. The average Bonchev–Trinajstić information content (AvgIpc) is 3.04. The van der Waals surface area contributed by atoms with Crippen LogP contribution in [0.1, 0.15) is 70.6 Å². The second kappa shape index (κ2) is 8.68. The van der Waals surface area contributed by atoms with Gasteiger partial charge in [-0.3, -0.25) is 9.69 Å². The largest absolute Gasteiger partial charge is 0.368 e. The van der Waals surface area contributed by atoms with E-state index in [4.69, 9.17) is 5.73 Å². The van der Waals surface area contributed by atoms with Gasteiger partial charge in [-0.2, -0.15) is 0 Å². The van der Waals surface area contributed by atoms with Gasteiger partial charge in [0.15, 0.2) is 0 Å². The van der Waals surface area contributed by atoms with Gasteiger partial charge in [-0.25, -0.2) is 0 Å². The van der Waals surface area contributed by atoms with Crippen molar-refractivity contribution in [3.63, 3.8) is 0 Å². The van der Waals surface area contributed by atoms with E-state index in [1.807, 2.05) is 0 Å². The number of carbonyl (C=O) groups excluding carboxylic acids is 1. The number of nitrogens with one attached hydrogen (secondary N) is 1. The first-order valence-electron chi connectivity index (χ1n) is 9.51. The third kappa shape index (κ3) is 4.61. The molecule has 0 spiro atoms. The van der Waals surface area contributed by atoms with E-state index in [-0.39, 0.29) is 23.9 Å². The third-order valence-corrected chi connectivity index (χ3v) is 6.19. The van der Waals surface area contributed by atoms with Gasteiger partial charge in [-0.05, 0) is 51.1 Å². The first kappa shape index (κ1) is 19.0. The van der Waals surface area contributed by atoms with Crippen LogP contribution in [0.5, 0.6) is 0 Å². The molecule has 1 saturated carbocycles. The predicted molar refractivity (Wildman–Crippen MR) is 96.8 cm³/mol. The minimum absolute atomic E-state index is 0. The fourth-order valence-electron chi connectivity index (χ4n) is 4.59. The molecule has 3 rings (SSSR count). The molecule has 2 saturated heterocycles. The van der Waals surface area contributed by atoms with Crippen LogP contribution >= 0.6 is 12.4 Å². The number of rotatable bonds is 1. The van der Waals surface area contributed by atoms with Crippen LogP contribution < -0.4 is 11.1 Å². The van der Waals surface area contributed by atoms with Gasteiger partial charge in [-0.1, -0.05) is 38.5 Å². The SMILES string of the molecule is Cl.NC(=O)C12CC1CCCCCCCCCN1CCCC1CN2. The Bertz CT molecular complexity index is 392. The lowest BCUT2D eigenvalue weighted by atomic mass is 10.0. The van der Waals surface area contributed by atoms with Crippen molar-refractivity contribution in [3.05, 3.63) is 0 Å². The van der Waals surface area contributed by atoms with Crippen molar-refractivity contribution >= 4 is 18.3 Å². The first-order chi connectivity index (χ1) is 10.7. The van der Waals surface area contributed by atoms with Gasteiger partial charge in [0.25, 0.3) is 0 Å². The van der Waals surface area contributed by atoms with Crippen molar-refractivity contribution in [2.24, 2.45) is 11.7 Å². The molecule has 0 radical (unpaired) electrons. The quantitative estimate of drug-likeness (QED) is 0.769. The standard InChI is InChI=1S/C18H33N3O.ClH/c19-17(22)18-13-15(18)9-6-4-2-1-3-5-7-11-21-12-8-10-16(21)14-20-18;/h15-16,20H,1-14H2,(H2,19,22);1H. The van der Waals surface area contributed by atoms with E-state index in [9.17, 15) is 4.79 Å². The van der Waals surface area contributed by atoms with Crippen LogP contribution in [0.15, 0.2) is 0 Å². The molecule has 3 aliphatic rings. The molecule has 5 heteroatoms. The molecule has 0 aromatic carbocycles. The van der Waals surface area contributed by atoms with Crippen LogP contribution in [0.2, 0.25) is 0 Å². The molecular weight excluding hydrogens is 310 g/mol. The number of hydrogen-bond donors (Lipinski definition) is 2. The molecule has 2 heterocycles. The van der Waals surface area contributed by atoms with E-state index in [0.717, 1.165) is 13.0 Å². The highest BCUT2D eigenvalue weighted by Crippen LogP contribution is 2.47. The van der Waals surface area contributed by atoms with E-state index < -0.39 is 0 Å². The summed E-state index contributed by atoms with van der Waals surface area (Å²) in [5, 5.41) is 3.59. The molecule has 23 heavy (non-hydrogen) atoms. The maximum Gasteiger partial charge on any atom is 0.238 e. The minimum atomic E-state index is -0.367. The van der Waals surface area contributed by atoms with Crippen molar-refractivity contribution in [1.82, 2.24) is 10.2 Å². The van der Waals surface area contributed by atoms with Gasteiger partial charge in [0, 0.05) is 12.6 Å². The number of carbonyl (C=O) groups is 1. The molecule has 3 unspecified atom stereocenters. The number of nitrogens with zero attached hydrogens (tertiary/aromatic N) is 1. The number of amides is 1. The van der Waals surface area contributed by atoms with Gasteiger partial charge >= 0.3 is 0 Å². The number of fused-ring (bicyclic) bond motifs is 2. The fraction of sp³-hybridized carbons (Fsp3) is 0.944. The topological polar surface area (TPSA) is 58.4 Å². The van der Waals surface area contributed by atoms with Gasteiger partial charge in [-0.15, -0.1) is 12.4 Å². The summed E-state index contributed by atoms with van der Waals surface area (Å²) in [6.07, 6.45) is 14.1. The number of halogens is 1. The van der Waals surface area contributed by atoms with E-state index in [0.29, 0.717) is 12.0 Å². The molecule has 2 aliphatic heterocycles. The average molecular weight is 344 g/mol. The summed E-state index contributed by atoms with van der Waals surface area (Å²) in [5.41, 5.74) is 5.36. The smallest absolute Gasteiger partial charge is 0.238 e. The van der Waals surface area contributed by atoms with Crippen molar-refractivity contribution in [3.8, 4) is 0 Å². The summed E-state index contributed by atoms with van der Waals surface area (Å²) in [5.74, 6) is 0.372. The summed E-state index contributed by atoms with van der Waals surface area (Å²) in [4.78, 5) is 14.6. The zero-order chi connectivity index (χ0) is 15.4. The summed E-state index contributed by atoms with van der Waals surface area (Å²) in [6, 6.07) is 0.614. The van der Waals surface area contributed by atoms with Crippen LogP contribution in [-0.2, 0) is 4.79 Å². The van der Waals surface area contributed by atoms with Crippen LogP contribution in [-0.4, -0.2) is 42.0 Å². The molecule has 3 N–H and O–H groups in total. The zero-order valence-corrected chi connectivity index (χ0v) is 15.2. The highest BCUT2D eigenvalue weighted by atomic mass is 35.5. The molecule has 0 aromatic heterocycles. The minimum Gasteiger partial charge on any atom is -0.368 e. The third-order valence-electron chi connectivity index (χ3n) is 6.19. The molecule has 4 nitrogen and oxygen atoms in total. The molecule has 1 amide bonds. The van der Waals surface area contributed by atoms with E-state index in [2.05, 4.69) is 10.2 Å². The molecule has 3 fully saturated rings. The molecule has 0 bridgehead atoms. The highest BCUT2D eigenvalue weighted by molar-refractivity contribution is 5.88. The Kier molecular flexibility index (Phi) is 7.18. The van der Waals surface area contributed by atoms with Gasteiger partial charge in [0.1, 0.15) is 5.54 Å². The Morgan fingerprint density at radius 2 is 1.61 bits per heavy atom. The Morgan fingerprint density at radius 1 is 0.957 bits per heavy atom. The molecule has 1 aliphatic carbocycles. The zero-order valence-electron chi connectivity index (χ0n) is 14.4.